The fourth-order valence-electron chi connectivity index (χ4n) is 4.10. The summed E-state index contributed by atoms with van der Waals surface area (Å²) in [6, 6.07) is 13.0. The lowest BCUT2D eigenvalue weighted by atomic mass is 9.98. The molecule has 2 amide bonds. The number of H-pyrrole nitrogens is 1. The van der Waals surface area contributed by atoms with Crippen LogP contribution in [0.3, 0.4) is 0 Å². The van der Waals surface area contributed by atoms with Crippen molar-refractivity contribution < 1.29 is 13.2 Å². The third-order valence-electron chi connectivity index (χ3n) is 5.85. The van der Waals surface area contributed by atoms with Crippen LogP contribution in [0.5, 0.6) is 0 Å². The SMILES string of the molecule is CS(=O)(=O)N1CCC(NC(=O)NC(c2ccccc2)c2c[nH]c3cc(Cl)ccc3c2=O)CC1. The summed E-state index contributed by atoms with van der Waals surface area (Å²) in [7, 11) is -3.24. The monoisotopic (exact) mass is 488 g/mol. The molecule has 1 aromatic heterocycles. The molecule has 3 N–H and O–H groups in total. The molecule has 0 bridgehead atoms. The number of aromatic nitrogens is 1. The van der Waals surface area contributed by atoms with E-state index in [0.29, 0.717) is 47.4 Å². The molecule has 1 saturated heterocycles. The fraction of sp³-hybridized carbons (Fsp3) is 0.304. The molecule has 174 valence electrons. The van der Waals surface area contributed by atoms with Crippen molar-refractivity contribution in [3.63, 3.8) is 0 Å². The van der Waals surface area contributed by atoms with Gasteiger partial charge in [-0.1, -0.05) is 41.9 Å². The maximum atomic E-state index is 13.3. The first-order valence-corrected chi connectivity index (χ1v) is 12.8. The molecule has 1 unspecified atom stereocenters. The third-order valence-corrected chi connectivity index (χ3v) is 7.39. The number of nitrogens with one attached hydrogen (secondary N) is 3. The van der Waals surface area contributed by atoms with Gasteiger partial charge in [-0.25, -0.2) is 17.5 Å². The van der Waals surface area contributed by atoms with Crippen molar-refractivity contribution >= 4 is 38.6 Å². The zero-order valence-electron chi connectivity index (χ0n) is 18.0. The van der Waals surface area contributed by atoms with Crippen LogP contribution in [-0.2, 0) is 10.0 Å². The van der Waals surface area contributed by atoms with Gasteiger partial charge >= 0.3 is 6.03 Å². The van der Waals surface area contributed by atoms with Crippen molar-refractivity contribution in [1.82, 2.24) is 19.9 Å². The van der Waals surface area contributed by atoms with E-state index in [1.807, 2.05) is 30.3 Å². The van der Waals surface area contributed by atoms with E-state index in [4.69, 9.17) is 11.6 Å². The summed E-state index contributed by atoms with van der Waals surface area (Å²) in [5.74, 6) is 0. The Labute approximate surface area is 197 Å². The molecule has 0 aliphatic carbocycles. The molecule has 10 heteroatoms. The molecule has 4 rings (SSSR count). The molecular formula is C23H25ClN4O4S. The Kier molecular flexibility index (Phi) is 6.73. The predicted octanol–water partition coefficient (Wildman–Crippen LogP) is 2.99. The topological polar surface area (TPSA) is 111 Å². The highest BCUT2D eigenvalue weighted by atomic mass is 35.5. The van der Waals surface area contributed by atoms with Crippen LogP contribution < -0.4 is 16.1 Å². The van der Waals surface area contributed by atoms with Gasteiger partial charge in [-0.2, -0.15) is 0 Å². The van der Waals surface area contributed by atoms with Crippen LogP contribution in [0.2, 0.25) is 5.02 Å². The van der Waals surface area contributed by atoms with Crippen LogP contribution in [-0.4, -0.2) is 49.1 Å². The largest absolute Gasteiger partial charge is 0.361 e. The second kappa shape index (κ2) is 9.54. The number of halogens is 1. The van der Waals surface area contributed by atoms with Gasteiger partial charge in [0.25, 0.3) is 0 Å². The molecule has 1 atom stereocenters. The second-order valence-electron chi connectivity index (χ2n) is 8.16. The quantitative estimate of drug-likeness (QED) is 0.512. The second-order valence-corrected chi connectivity index (χ2v) is 10.6. The minimum atomic E-state index is -3.24. The Bertz CT molecular complexity index is 1320. The van der Waals surface area contributed by atoms with Gasteiger partial charge in [0.2, 0.25) is 10.0 Å². The highest BCUT2D eigenvalue weighted by Crippen LogP contribution is 2.22. The predicted molar refractivity (Wildman–Crippen MR) is 129 cm³/mol. The molecule has 2 heterocycles. The Morgan fingerprint density at radius 2 is 1.85 bits per heavy atom. The number of urea groups is 1. The van der Waals surface area contributed by atoms with Gasteiger partial charge in [-0.15, -0.1) is 0 Å². The van der Waals surface area contributed by atoms with Gasteiger partial charge in [-0.3, -0.25) is 4.79 Å². The highest BCUT2D eigenvalue weighted by Gasteiger charge is 2.27. The molecule has 1 fully saturated rings. The zero-order chi connectivity index (χ0) is 23.6. The molecular weight excluding hydrogens is 464 g/mol. The van der Waals surface area contributed by atoms with E-state index in [-0.39, 0.29) is 11.5 Å². The molecule has 0 radical (unpaired) electrons. The van der Waals surface area contributed by atoms with Crippen molar-refractivity contribution in [2.24, 2.45) is 0 Å². The van der Waals surface area contributed by atoms with E-state index in [1.165, 1.54) is 10.6 Å². The maximum Gasteiger partial charge on any atom is 0.315 e. The van der Waals surface area contributed by atoms with Gasteiger partial charge in [0, 0.05) is 41.3 Å². The maximum absolute atomic E-state index is 13.3. The van der Waals surface area contributed by atoms with Gasteiger partial charge in [-0.05, 0) is 36.6 Å². The minimum Gasteiger partial charge on any atom is -0.361 e. The molecule has 1 aliphatic rings. The standard InChI is InChI=1S/C23H25ClN4O4S/c1-33(31,32)28-11-9-17(10-12-28)26-23(30)27-21(15-5-3-2-4-6-15)19-14-25-20-13-16(24)7-8-18(20)22(19)29/h2-8,13-14,17,21H,9-12H2,1H3,(H,25,29)(H2,26,27,30). The molecule has 1 aliphatic heterocycles. The fourth-order valence-corrected chi connectivity index (χ4v) is 5.15. The van der Waals surface area contributed by atoms with E-state index < -0.39 is 22.1 Å². The Morgan fingerprint density at radius 3 is 2.52 bits per heavy atom. The minimum absolute atomic E-state index is 0.156. The summed E-state index contributed by atoms with van der Waals surface area (Å²) in [6.07, 6.45) is 3.83. The van der Waals surface area contributed by atoms with E-state index >= 15 is 0 Å². The number of sulfonamides is 1. The number of hydrogen-bond donors (Lipinski definition) is 3. The van der Waals surface area contributed by atoms with Crippen LogP contribution in [0.25, 0.3) is 10.9 Å². The van der Waals surface area contributed by atoms with Crippen LogP contribution in [0.1, 0.15) is 30.0 Å². The van der Waals surface area contributed by atoms with Crippen LogP contribution in [0.4, 0.5) is 4.79 Å². The number of benzene rings is 2. The third kappa shape index (κ3) is 5.38. The molecule has 33 heavy (non-hydrogen) atoms. The number of aromatic amines is 1. The molecule has 0 spiro atoms. The van der Waals surface area contributed by atoms with Crippen molar-refractivity contribution in [3.05, 3.63) is 81.1 Å². The summed E-state index contributed by atoms with van der Waals surface area (Å²) in [5, 5.41) is 6.85. The first-order valence-electron chi connectivity index (χ1n) is 10.6. The number of hydrogen-bond acceptors (Lipinski definition) is 4. The molecule has 3 aromatic rings. The Hall–Kier alpha value is -2.88. The Balaban J connectivity index is 1.56. The van der Waals surface area contributed by atoms with E-state index in [2.05, 4.69) is 15.6 Å². The van der Waals surface area contributed by atoms with E-state index in [9.17, 15) is 18.0 Å². The average Bonchev–Trinajstić information content (AvgIpc) is 2.78. The van der Waals surface area contributed by atoms with Crippen LogP contribution >= 0.6 is 11.6 Å². The molecule has 8 nitrogen and oxygen atoms in total. The van der Waals surface area contributed by atoms with Gasteiger partial charge < -0.3 is 15.6 Å². The van der Waals surface area contributed by atoms with Crippen molar-refractivity contribution in [2.75, 3.05) is 19.3 Å². The number of fused-ring (bicyclic) bond motifs is 1. The van der Waals surface area contributed by atoms with Crippen LogP contribution in [0, 0.1) is 0 Å². The number of rotatable bonds is 5. The van der Waals surface area contributed by atoms with Gasteiger partial charge in [0.05, 0.1) is 17.8 Å². The van der Waals surface area contributed by atoms with Crippen molar-refractivity contribution in [2.45, 2.75) is 24.9 Å². The zero-order valence-corrected chi connectivity index (χ0v) is 19.6. The summed E-state index contributed by atoms with van der Waals surface area (Å²) >= 11 is 6.04. The lowest BCUT2D eigenvalue weighted by Gasteiger charge is -2.31. The van der Waals surface area contributed by atoms with Crippen molar-refractivity contribution in [1.29, 1.82) is 0 Å². The van der Waals surface area contributed by atoms with Gasteiger partial charge in [0.15, 0.2) is 5.43 Å². The summed E-state index contributed by atoms with van der Waals surface area (Å²) in [6.45, 7) is 0.720. The summed E-state index contributed by atoms with van der Waals surface area (Å²) in [4.78, 5) is 29.2. The van der Waals surface area contributed by atoms with Crippen LogP contribution in [0.15, 0.2) is 59.5 Å². The number of carbonyl (C=O) groups excluding carboxylic acids is 1. The smallest absolute Gasteiger partial charge is 0.315 e. The number of nitrogens with zero attached hydrogens (tertiary/aromatic N) is 1. The molecule has 0 saturated carbocycles. The Morgan fingerprint density at radius 1 is 1.15 bits per heavy atom. The average molecular weight is 489 g/mol. The lowest BCUT2D eigenvalue weighted by Crippen LogP contribution is -2.49. The van der Waals surface area contributed by atoms with Crippen molar-refractivity contribution in [3.8, 4) is 0 Å². The molecule has 2 aromatic carbocycles. The first kappa shape index (κ1) is 23.3. The number of amides is 2. The number of pyridine rings is 1. The summed E-state index contributed by atoms with van der Waals surface area (Å²) < 4.78 is 24.8. The number of carbonyl (C=O) groups is 1. The van der Waals surface area contributed by atoms with E-state index in [1.54, 1.807) is 24.4 Å². The van der Waals surface area contributed by atoms with E-state index in [0.717, 1.165) is 5.56 Å². The normalized spacial score (nSPS) is 16.4. The van der Waals surface area contributed by atoms with Gasteiger partial charge in [0.1, 0.15) is 0 Å². The lowest BCUT2D eigenvalue weighted by molar-refractivity contribution is 0.225. The highest BCUT2D eigenvalue weighted by molar-refractivity contribution is 7.88. The number of piperidine rings is 1. The first-order chi connectivity index (χ1) is 15.7. The summed E-state index contributed by atoms with van der Waals surface area (Å²) in [5.41, 5.74) is 1.58.